The summed E-state index contributed by atoms with van der Waals surface area (Å²) in [6.07, 6.45) is 34.8. The van der Waals surface area contributed by atoms with Crippen molar-refractivity contribution in [3.05, 3.63) is 58.7 Å². The summed E-state index contributed by atoms with van der Waals surface area (Å²) >= 11 is 0. The van der Waals surface area contributed by atoms with E-state index in [1.807, 2.05) is 12.1 Å². The first kappa shape index (κ1) is 37.2. The Hall–Kier alpha value is -1.96. The van der Waals surface area contributed by atoms with Crippen LogP contribution in [-0.2, 0) is 19.3 Å². The van der Waals surface area contributed by atoms with E-state index in [1.54, 1.807) is 0 Å². The molecule has 0 saturated heterocycles. The van der Waals surface area contributed by atoms with Crippen LogP contribution in [0, 0.1) is 0 Å². The molecule has 0 bridgehead atoms. The van der Waals surface area contributed by atoms with Crippen LogP contribution in [0.4, 0.5) is 0 Å². The van der Waals surface area contributed by atoms with Gasteiger partial charge in [-0.3, -0.25) is 0 Å². The number of benzene rings is 2. The quantitative estimate of drug-likeness (QED) is 0.0965. The zero-order valence-electron chi connectivity index (χ0n) is 28.5. The van der Waals surface area contributed by atoms with Gasteiger partial charge in [-0.15, -0.1) is 0 Å². The molecule has 0 fully saturated rings. The number of rotatable bonds is 28. The summed E-state index contributed by atoms with van der Waals surface area (Å²) in [5.41, 5.74) is 3.96. The third-order valence-electron chi connectivity index (χ3n) is 9.39. The lowest BCUT2D eigenvalue weighted by Crippen LogP contribution is -1.96. The van der Waals surface area contributed by atoms with Crippen LogP contribution < -0.4 is 0 Å². The monoisotopic (exact) mass is 593 g/mol. The van der Waals surface area contributed by atoms with Gasteiger partial charge in [-0.1, -0.05) is 192 Å². The van der Waals surface area contributed by atoms with E-state index in [1.165, 1.54) is 141 Å². The summed E-state index contributed by atoms with van der Waals surface area (Å²) in [5, 5.41) is 22.1. The molecule has 0 heterocycles. The Morgan fingerprint density at radius 2 is 0.605 bits per heavy atom. The minimum absolute atomic E-state index is 0.427. The van der Waals surface area contributed by atoms with E-state index in [-0.39, 0.29) is 0 Å². The highest BCUT2D eigenvalue weighted by atomic mass is 16.3. The third-order valence-corrected chi connectivity index (χ3v) is 9.39. The number of phenolic OH excluding ortho intramolecular Hbond substituents is 2. The maximum atomic E-state index is 11.0. The van der Waals surface area contributed by atoms with Crippen LogP contribution in [0.5, 0.6) is 11.5 Å². The maximum absolute atomic E-state index is 11.0. The van der Waals surface area contributed by atoms with Crippen molar-refractivity contribution in [1.82, 2.24) is 0 Å². The summed E-state index contributed by atoms with van der Waals surface area (Å²) in [6, 6.07) is 12.3. The molecular weight excluding hydrogens is 524 g/mol. The number of hydrogen-bond acceptors (Lipinski definition) is 2. The van der Waals surface area contributed by atoms with Gasteiger partial charge in [0.15, 0.2) is 0 Å². The van der Waals surface area contributed by atoms with Crippen LogP contribution >= 0.6 is 0 Å². The number of hydrogen-bond donors (Lipinski definition) is 2. The fourth-order valence-corrected chi connectivity index (χ4v) is 6.50. The van der Waals surface area contributed by atoms with Gasteiger partial charge in [-0.05, 0) is 47.9 Å². The second kappa shape index (κ2) is 25.4. The Kier molecular flexibility index (Phi) is 22.0. The normalized spacial score (nSPS) is 11.4. The molecule has 43 heavy (non-hydrogen) atoms. The van der Waals surface area contributed by atoms with Gasteiger partial charge in [0, 0.05) is 6.42 Å². The molecule has 2 nitrogen and oxygen atoms in total. The molecule has 0 unspecified atom stereocenters. The predicted octanol–water partition coefficient (Wildman–Crippen LogP) is 13.2. The molecule has 0 amide bonds. The van der Waals surface area contributed by atoms with Gasteiger partial charge >= 0.3 is 0 Å². The van der Waals surface area contributed by atoms with Crippen molar-refractivity contribution in [3.8, 4) is 11.5 Å². The van der Waals surface area contributed by atoms with Crippen molar-refractivity contribution >= 4 is 0 Å². The molecule has 2 heteroatoms. The molecule has 0 spiro atoms. The maximum Gasteiger partial charge on any atom is 0.122 e. The lowest BCUT2D eigenvalue weighted by Gasteiger charge is -2.13. The Labute approximate surface area is 267 Å². The first-order valence-electron chi connectivity index (χ1n) is 18.8. The molecule has 0 aromatic heterocycles. The zero-order valence-corrected chi connectivity index (χ0v) is 28.5. The highest BCUT2D eigenvalue weighted by Crippen LogP contribution is 2.31. The second-order valence-corrected chi connectivity index (χ2v) is 13.3. The van der Waals surface area contributed by atoms with Crippen LogP contribution in [0.3, 0.4) is 0 Å². The molecule has 0 aliphatic carbocycles. The van der Waals surface area contributed by atoms with Gasteiger partial charge in [-0.25, -0.2) is 0 Å². The van der Waals surface area contributed by atoms with E-state index in [9.17, 15) is 10.2 Å². The number of unbranched alkanes of at least 4 members (excludes halogenated alkanes) is 22. The van der Waals surface area contributed by atoms with Gasteiger partial charge in [0.05, 0.1) is 0 Å². The van der Waals surface area contributed by atoms with Gasteiger partial charge in [0.25, 0.3) is 0 Å². The average Bonchev–Trinajstić information content (AvgIpc) is 3.01. The summed E-state index contributed by atoms with van der Waals surface area (Å²) < 4.78 is 0. The summed E-state index contributed by atoms with van der Waals surface area (Å²) in [4.78, 5) is 0. The summed E-state index contributed by atoms with van der Waals surface area (Å²) in [5.74, 6) is 0.854. The Morgan fingerprint density at radius 3 is 0.907 bits per heavy atom. The molecule has 244 valence electrons. The highest BCUT2D eigenvalue weighted by molar-refractivity contribution is 5.47. The molecule has 2 aromatic carbocycles. The summed E-state index contributed by atoms with van der Waals surface area (Å²) in [6.45, 7) is 4.56. The van der Waals surface area contributed by atoms with Gasteiger partial charge in [0.2, 0.25) is 0 Å². The number of phenols is 2. The molecule has 0 aliphatic rings. The molecule has 2 aromatic rings. The van der Waals surface area contributed by atoms with Gasteiger partial charge < -0.3 is 10.2 Å². The zero-order chi connectivity index (χ0) is 30.8. The Morgan fingerprint density at radius 1 is 0.349 bits per heavy atom. The fraction of sp³-hybridized carbons (Fsp3) is 0.707. The number of para-hydroxylation sites is 2. The smallest absolute Gasteiger partial charge is 0.122 e. The van der Waals surface area contributed by atoms with Gasteiger partial charge in [-0.2, -0.15) is 0 Å². The highest BCUT2D eigenvalue weighted by Gasteiger charge is 2.12. The first-order chi connectivity index (χ1) is 21.2. The van der Waals surface area contributed by atoms with E-state index in [4.69, 9.17) is 0 Å². The van der Waals surface area contributed by atoms with Crippen molar-refractivity contribution in [1.29, 1.82) is 0 Å². The lowest BCUT2D eigenvalue weighted by atomic mass is 9.95. The lowest BCUT2D eigenvalue weighted by molar-refractivity contribution is 0.453. The molecule has 0 saturated carbocycles. The van der Waals surface area contributed by atoms with Crippen LogP contribution in [0.1, 0.15) is 190 Å². The number of aromatic hydroxyl groups is 2. The fourth-order valence-electron chi connectivity index (χ4n) is 6.50. The van der Waals surface area contributed by atoms with E-state index in [2.05, 4.69) is 38.1 Å². The molecule has 0 radical (unpaired) electrons. The minimum Gasteiger partial charge on any atom is -0.507 e. The average molecular weight is 593 g/mol. The minimum atomic E-state index is 0.427. The van der Waals surface area contributed by atoms with Crippen LogP contribution in [-0.4, -0.2) is 10.2 Å². The SMILES string of the molecule is CCCCCCCCCCCCCCc1cccc(Cc2cccc(CCCCCCCCCCCCCC)c2O)c1O. The first-order valence-corrected chi connectivity index (χ1v) is 18.8. The molecule has 2 rings (SSSR count). The third kappa shape index (κ3) is 17.2. The van der Waals surface area contributed by atoms with Crippen molar-refractivity contribution in [2.75, 3.05) is 0 Å². The van der Waals surface area contributed by atoms with E-state index < -0.39 is 0 Å². The van der Waals surface area contributed by atoms with Gasteiger partial charge in [0.1, 0.15) is 11.5 Å². The topological polar surface area (TPSA) is 40.5 Å². The van der Waals surface area contributed by atoms with Crippen LogP contribution in [0.25, 0.3) is 0 Å². The van der Waals surface area contributed by atoms with Crippen molar-refractivity contribution in [3.63, 3.8) is 0 Å². The van der Waals surface area contributed by atoms with Crippen molar-refractivity contribution in [2.45, 2.75) is 187 Å². The van der Waals surface area contributed by atoms with Crippen molar-refractivity contribution in [2.24, 2.45) is 0 Å². The van der Waals surface area contributed by atoms with Crippen molar-refractivity contribution < 1.29 is 10.2 Å². The largest absolute Gasteiger partial charge is 0.507 e. The second-order valence-electron chi connectivity index (χ2n) is 13.3. The molecule has 2 N–H and O–H groups in total. The van der Waals surface area contributed by atoms with E-state index in [0.29, 0.717) is 17.9 Å². The summed E-state index contributed by atoms with van der Waals surface area (Å²) in [7, 11) is 0. The van der Waals surface area contributed by atoms with Crippen LogP contribution in [0.2, 0.25) is 0 Å². The standard InChI is InChI=1S/C41H68O2/c1-3-5-7-9-11-13-15-17-19-21-23-25-29-36-31-27-33-38(40(36)42)35-39-34-28-32-37(41(39)43)30-26-24-22-20-18-16-14-12-10-8-6-4-2/h27-28,31-34,42-43H,3-26,29-30,35H2,1-2H3. The number of aryl methyl sites for hydroxylation is 2. The molecule has 0 aliphatic heterocycles. The van der Waals surface area contributed by atoms with Crippen LogP contribution in [0.15, 0.2) is 36.4 Å². The van der Waals surface area contributed by atoms with E-state index in [0.717, 1.165) is 47.9 Å². The Balaban J connectivity index is 1.64. The predicted molar refractivity (Wildman–Crippen MR) is 189 cm³/mol. The molecule has 0 atom stereocenters. The Bertz CT molecular complexity index is 858. The molecular formula is C41H68O2. The van der Waals surface area contributed by atoms with E-state index >= 15 is 0 Å².